The lowest BCUT2D eigenvalue weighted by molar-refractivity contribution is 0.0746. The van der Waals surface area contributed by atoms with Crippen molar-refractivity contribution >= 4 is 17.2 Å². The van der Waals surface area contributed by atoms with E-state index >= 15 is 0 Å². The van der Waals surface area contributed by atoms with Gasteiger partial charge in [-0.3, -0.25) is 4.79 Å². The Morgan fingerprint density at radius 3 is 2.40 bits per heavy atom. The van der Waals surface area contributed by atoms with E-state index in [4.69, 9.17) is 0 Å². The Kier molecular flexibility index (Phi) is 4.18. The van der Waals surface area contributed by atoms with Gasteiger partial charge in [-0.2, -0.15) is 0 Å². The fraction of sp³-hybridized carbons (Fsp3) is 0.333. The van der Waals surface area contributed by atoms with Gasteiger partial charge in [0.25, 0.3) is 5.91 Å². The zero-order valence-corrected chi connectivity index (χ0v) is 12.8. The highest BCUT2D eigenvalue weighted by atomic mass is 32.1. The van der Waals surface area contributed by atoms with Gasteiger partial charge in [0.2, 0.25) is 0 Å². The van der Waals surface area contributed by atoms with E-state index in [9.17, 15) is 9.18 Å². The second-order valence-corrected chi connectivity index (χ2v) is 5.99. The molecule has 1 unspecified atom stereocenters. The third-order valence-corrected chi connectivity index (χ3v) is 4.41. The molecule has 1 amide bonds. The molecule has 0 saturated heterocycles. The van der Waals surface area contributed by atoms with Crippen LogP contribution in [0.4, 0.5) is 4.39 Å². The number of aryl methyl sites for hydroxylation is 2. The fourth-order valence-corrected chi connectivity index (χ4v) is 2.93. The van der Waals surface area contributed by atoms with Crippen molar-refractivity contribution in [1.82, 2.24) is 9.88 Å². The SMILES string of the molecule is Cc1nc(C)c(C(=O)N(C)C(C)c2ccc(F)cc2)s1. The molecule has 0 spiro atoms. The summed E-state index contributed by atoms with van der Waals surface area (Å²) in [6, 6.07) is 6.10. The average Bonchev–Trinajstić information content (AvgIpc) is 2.76. The zero-order chi connectivity index (χ0) is 14.9. The fourth-order valence-electron chi connectivity index (χ4n) is 2.03. The predicted molar refractivity (Wildman–Crippen MR) is 78.5 cm³/mol. The largest absolute Gasteiger partial charge is 0.334 e. The van der Waals surface area contributed by atoms with E-state index in [-0.39, 0.29) is 17.8 Å². The molecule has 1 aromatic heterocycles. The van der Waals surface area contributed by atoms with Crippen molar-refractivity contribution in [3.8, 4) is 0 Å². The Morgan fingerprint density at radius 1 is 1.30 bits per heavy atom. The van der Waals surface area contributed by atoms with Crippen LogP contribution in [0.3, 0.4) is 0 Å². The number of thiazole rings is 1. The Morgan fingerprint density at radius 2 is 1.90 bits per heavy atom. The first-order valence-corrected chi connectivity index (χ1v) is 7.18. The summed E-state index contributed by atoms with van der Waals surface area (Å²) < 4.78 is 12.9. The number of carbonyl (C=O) groups is 1. The number of nitrogens with zero attached hydrogens (tertiary/aromatic N) is 2. The summed E-state index contributed by atoms with van der Waals surface area (Å²) in [7, 11) is 1.75. The van der Waals surface area contributed by atoms with Gasteiger partial charge < -0.3 is 4.90 Å². The Bertz CT molecular complexity index is 621. The van der Waals surface area contributed by atoms with Crippen molar-refractivity contribution in [2.45, 2.75) is 26.8 Å². The predicted octanol–water partition coefficient (Wildman–Crippen LogP) is 3.73. The molecular weight excluding hydrogens is 275 g/mol. The number of hydrogen-bond donors (Lipinski definition) is 0. The van der Waals surface area contributed by atoms with Crippen LogP contribution in [0.15, 0.2) is 24.3 Å². The quantitative estimate of drug-likeness (QED) is 0.863. The van der Waals surface area contributed by atoms with Crippen molar-refractivity contribution in [3.05, 3.63) is 51.2 Å². The van der Waals surface area contributed by atoms with Crippen LogP contribution in [-0.4, -0.2) is 22.8 Å². The summed E-state index contributed by atoms with van der Waals surface area (Å²) in [5, 5.41) is 0.883. The second-order valence-electron chi connectivity index (χ2n) is 4.79. The monoisotopic (exact) mass is 292 g/mol. The number of rotatable bonds is 3. The van der Waals surface area contributed by atoms with E-state index in [1.165, 1.54) is 23.5 Å². The van der Waals surface area contributed by atoms with Crippen molar-refractivity contribution in [2.24, 2.45) is 0 Å². The van der Waals surface area contributed by atoms with Gasteiger partial charge in [-0.05, 0) is 38.5 Å². The molecule has 0 fully saturated rings. The number of hydrogen-bond acceptors (Lipinski definition) is 3. The van der Waals surface area contributed by atoms with Crippen molar-refractivity contribution in [1.29, 1.82) is 0 Å². The molecule has 0 aliphatic heterocycles. The van der Waals surface area contributed by atoms with E-state index in [1.54, 1.807) is 24.1 Å². The van der Waals surface area contributed by atoms with E-state index in [1.807, 2.05) is 20.8 Å². The van der Waals surface area contributed by atoms with Crippen LogP contribution in [0.2, 0.25) is 0 Å². The molecule has 0 radical (unpaired) electrons. The zero-order valence-electron chi connectivity index (χ0n) is 12.0. The van der Waals surface area contributed by atoms with Crippen LogP contribution in [0, 0.1) is 19.7 Å². The Balaban J connectivity index is 2.22. The molecule has 1 heterocycles. The molecule has 106 valence electrons. The maximum Gasteiger partial charge on any atom is 0.266 e. The van der Waals surface area contributed by atoms with E-state index in [0.717, 1.165) is 16.3 Å². The van der Waals surface area contributed by atoms with Gasteiger partial charge in [0.1, 0.15) is 10.7 Å². The van der Waals surface area contributed by atoms with Crippen LogP contribution in [-0.2, 0) is 0 Å². The number of carbonyl (C=O) groups excluding carboxylic acids is 1. The highest BCUT2D eigenvalue weighted by Gasteiger charge is 2.22. The van der Waals surface area contributed by atoms with Gasteiger partial charge in [-0.1, -0.05) is 12.1 Å². The summed E-state index contributed by atoms with van der Waals surface area (Å²) in [6.45, 7) is 5.65. The Labute approximate surface area is 122 Å². The normalized spacial score (nSPS) is 12.2. The third kappa shape index (κ3) is 2.88. The summed E-state index contributed by atoms with van der Waals surface area (Å²) in [4.78, 5) is 19.1. The minimum Gasteiger partial charge on any atom is -0.334 e. The topological polar surface area (TPSA) is 33.2 Å². The van der Waals surface area contributed by atoms with Gasteiger partial charge in [0, 0.05) is 7.05 Å². The van der Waals surface area contributed by atoms with Gasteiger partial charge in [0.05, 0.1) is 16.7 Å². The summed E-state index contributed by atoms with van der Waals surface area (Å²) in [6.07, 6.45) is 0. The first-order chi connectivity index (χ1) is 9.40. The van der Waals surface area contributed by atoms with Crippen LogP contribution in [0.25, 0.3) is 0 Å². The molecule has 0 aliphatic rings. The highest BCUT2D eigenvalue weighted by Crippen LogP contribution is 2.24. The standard InChI is InChI=1S/C15H17FN2OS/c1-9-14(20-11(3)17-9)15(19)18(4)10(2)12-5-7-13(16)8-6-12/h5-8,10H,1-4H3. The molecule has 1 aromatic carbocycles. The number of halogens is 1. The van der Waals surface area contributed by atoms with Crippen LogP contribution < -0.4 is 0 Å². The second kappa shape index (κ2) is 5.71. The molecule has 5 heteroatoms. The highest BCUT2D eigenvalue weighted by molar-refractivity contribution is 7.13. The molecule has 2 aromatic rings. The van der Waals surface area contributed by atoms with Crippen LogP contribution in [0.5, 0.6) is 0 Å². The first kappa shape index (κ1) is 14.7. The van der Waals surface area contributed by atoms with Crippen molar-refractivity contribution < 1.29 is 9.18 Å². The molecule has 2 rings (SSSR count). The smallest absolute Gasteiger partial charge is 0.266 e. The first-order valence-electron chi connectivity index (χ1n) is 6.36. The molecule has 0 saturated carbocycles. The summed E-state index contributed by atoms with van der Waals surface area (Å²) >= 11 is 1.40. The van der Waals surface area contributed by atoms with Gasteiger partial charge in [0.15, 0.2) is 0 Å². The Hall–Kier alpha value is -1.75. The average molecular weight is 292 g/mol. The van der Waals surface area contributed by atoms with Crippen molar-refractivity contribution in [3.63, 3.8) is 0 Å². The van der Waals surface area contributed by atoms with E-state index < -0.39 is 0 Å². The van der Waals surface area contributed by atoms with E-state index in [2.05, 4.69) is 4.98 Å². The van der Waals surface area contributed by atoms with Crippen LogP contribution in [0.1, 0.15) is 38.9 Å². The maximum atomic E-state index is 12.9. The lowest BCUT2D eigenvalue weighted by atomic mass is 10.1. The summed E-state index contributed by atoms with van der Waals surface area (Å²) in [5.74, 6) is -0.325. The maximum absolute atomic E-state index is 12.9. The van der Waals surface area contributed by atoms with Crippen LogP contribution >= 0.6 is 11.3 Å². The molecule has 3 nitrogen and oxygen atoms in total. The van der Waals surface area contributed by atoms with E-state index in [0.29, 0.717) is 4.88 Å². The van der Waals surface area contributed by atoms with Crippen molar-refractivity contribution in [2.75, 3.05) is 7.05 Å². The molecule has 0 bridgehead atoms. The third-order valence-electron chi connectivity index (χ3n) is 3.35. The lowest BCUT2D eigenvalue weighted by Crippen LogP contribution is -2.29. The lowest BCUT2D eigenvalue weighted by Gasteiger charge is -2.25. The molecule has 20 heavy (non-hydrogen) atoms. The molecule has 0 aliphatic carbocycles. The minimum absolute atomic E-state index is 0.0510. The van der Waals surface area contributed by atoms with Gasteiger partial charge in [-0.25, -0.2) is 9.37 Å². The van der Waals surface area contributed by atoms with Gasteiger partial charge >= 0.3 is 0 Å². The number of aromatic nitrogens is 1. The molecule has 0 N–H and O–H groups in total. The number of benzene rings is 1. The number of amides is 1. The molecular formula is C15H17FN2OS. The summed E-state index contributed by atoms with van der Waals surface area (Å²) in [5.41, 5.74) is 1.66. The van der Waals surface area contributed by atoms with Gasteiger partial charge in [-0.15, -0.1) is 11.3 Å². The molecule has 1 atom stereocenters. The minimum atomic E-state index is -0.274.